The fraction of sp³-hybridized carbons (Fsp3) is 0.529. The van der Waals surface area contributed by atoms with Gasteiger partial charge in [0.2, 0.25) is 5.95 Å². The van der Waals surface area contributed by atoms with Crippen LogP contribution in [0.2, 0.25) is 0 Å². The molecule has 0 aliphatic heterocycles. The highest BCUT2D eigenvalue weighted by Gasteiger charge is 2.26. The lowest BCUT2D eigenvalue weighted by atomic mass is 9.87. The Balaban J connectivity index is 0.00000192. The molecule has 5 nitrogen and oxygen atoms in total. The number of rotatable bonds is 3. The molecular formula is C17H25ClN4O. The van der Waals surface area contributed by atoms with E-state index >= 15 is 0 Å². The van der Waals surface area contributed by atoms with E-state index in [2.05, 4.69) is 50.9 Å². The Labute approximate surface area is 143 Å². The van der Waals surface area contributed by atoms with Crippen LogP contribution in [0.15, 0.2) is 24.3 Å². The highest BCUT2D eigenvalue weighted by molar-refractivity contribution is 5.85. The molecule has 1 N–H and O–H groups in total. The molecule has 1 fully saturated rings. The summed E-state index contributed by atoms with van der Waals surface area (Å²) in [6.45, 7) is 2.09. The van der Waals surface area contributed by atoms with E-state index < -0.39 is 0 Å². The van der Waals surface area contributed by atoms with Crippen molar-refractivity contribution in [1.82, 2.24) is 14.8 Å². The number of anilines is 2. The summed E-state index contributed by atoms with van der Waals surface area (Å²) in [4.78, 5) is 2.06. The Morgan fingerprint density at radius 3 is 2.30 bits per heavy atom. The summed E-state index contributed by atoms with van der Waals surface area (Å²) < 4.78 is 2.09. The highest BCUT2D eigenvalue weighted by Crippen LogP contribution is 2.33. The van der Waals surface area contributed by atoms with Crippen LogP contribution in [0.5, 0.6) is 0 Å². The fourth-order valence-electron chi connectivity index (χ4n) is 3.20. The van der Waals surface area contributed by atoms with Gasteiger partial charge in [-0.25, -0.2) is 0 Å². The molecule has 2 aromatic rings. The molecule has 1 heterocycles. The van der Waals surface area contributed by atoms with Crippen molar-refractivity contribution in [1.29, 1.82) is 0 Å². The van der Waals surface area contributed by atoms with E-state index in [4.69, 9.17) is 0 Å². The molecular weight excluding hydrogens is 312 g/mol. The third kappa shape index (κ3) is 3.67. The Bertz CT molecular complexity index is 633. The summed E-state index contributed by atoms with van der Waals surface area (Å²) in [5.41, 5.74) is 2.35. The van der Waals surface area contributed by atoms with Crippen molar-refractivity contribution >= 4 is 24.0 Å². The van der Waals surface area contributed by atoms with Gasteiger partial charge in [-0.3, -0.25) is 4.57 Å². The minimum Gasteiger partial charge on any atom is -0.393 e. The van der Waals surface area contributed by atoms with Crippen molar-refractivity contribution in [3.8, 4) is 0 Å². The maximum Gasteiger partial charge on any atom is 0.231 e. The molecule has 1 aromatic heterocycles. The van der Waals surface area contributed by atoms with Crippen LogP contribution in [0.1, 0.15) is 43.0 Å². The second-order valence-corrected chi connectivity index (χ2v) is 6.32. The zero-order chi connectivity index (χ0) is 15.7. The Morgan fingerprint density at radius 2 is 1.70 bits per heavy atom. The quantitative estimate of drug-likeness (QED) is 0.934. The van der Waals surface area contributed by atoms with Crippen LogP contribution in [-0.4, -0.2) is 33.0 Å². The Kier molecular flexibility index (Phi) is 5.65. The first-order chi connectivity index (χ1) is 10.6. The lowest BCUT2D eigenvalue weighted by Crippen LogP contribution is -2.20. The third-order valence-corrected chi connectivity index (χ3v) is 4.67. The molecule has 3 rings (SSSR count). The van der Waals surface area contributed by atoms with Crippen molar-refractivity contribution in [3.63, 3.8) is 0 Å². The van der Waals surface area contributed by atoms with E-state index in [-0.39, 0.29) is 18.5 Å². The van der Waals surface area contributed by atoms with Crippen molar-refractivity contribution in [2.75, 3.05) is 11.9 Å². The monoisotopic (exact) mass is 336 g/mol. The van der Waals surface area contributed by atoms with E-state index in [0.717, 1.165) is 43.1 Å². The molecule has 1 saturated carbocycles. The molecule has 1 aliphatic carbocycles. The maximum atomic E-state index is 9.66. The van der Waals surface area contributed by atoms with Gasteiger partial charge in [0.05, 0.1) is 6.10 Å². The first-order valence-corrected chi connectivity index (χ1v) is 7.94. The predicted molar refractivity (Wildman–Crippen MR) is 94.7 cm³/mol. The minimum absolute atomic E-state index is 0. The normalized spacial score (nSPS) is 20.9. The SMILES string of the molecule is Cc1ccc(N(C)c2nnc(C3CCC(O)CC3)n2C)cc1.Cl. The second-order valence-electron chi connectivity index (χ2n) is 6.32. The molecule has 6 heteroatoms. The number of aliphatic hydroxyl groups is 1. The van der Waals surface area contributed by atoms with Crippen molar-refractivity contribution in [2.45, 2.75) is 44.6 Å². The summed E-state index contributed by atoms with van der Waals surface area (Å²) in [6.07, 6.45) is 3.56. The number of hydrogen-bond acceptors (Lipinski definition) is 4. The predicted octanol–water partition coefficient (Wildman–Crippen LogP) is 3.33. The summed E-state index contributed by atoms with van der Waals surface area (Å²) in [5.74, 6) is 2.28. The van der Waals surface area contributed by atoms with Crippen molar-refractivity contribution in [2.24, 2.45) is 7.05 Å². The molecule has 0 bridgehead atoms. The molecule has 1 aromatic carbocycles. The number of hydrogen-bond donors (Lipinski definition) is 1. The van der Waals surface area contributed by atoms with Crippen LogP contribution in [0, 0.1) is 6.92 Å². The van der Waals surface area contributed by atoms with Crippen LogP contribution in [-0.2, 0) is 7.05 Å². The van der Waals surface area contributed by atoms with Crippen molar-refractivity contribution < 1.29 is 5.11 Å². The molecule has 126 valence electrons. The zero-order valence-corrected chi connectivity index (χ0v) is 14.8. The van der Waals surface area contributed by atoms with Crippen LogP contribution in [0.3, 0.4) is 0 Å². The Hall–Kier alpha value is -1.59. The lowest BCUT2D eigenvalue weighted by molar-refractivity contribution is 0.121. The van der Waals surface area contributed by atoms with Crippen LogP contribution in [0.4, 0.5) is 11.6 Å². The van der Waals surface area contributed by atoms with Gasteiger partial charge in [-0.05, 0) is 44.7 Å². The molecule has 0 amide bonds. The third-order valence-electron chi connectivity index (χ3n) is 4.67. The van der Waals surface area contributed by atoms with Crippen LogP contribution >= 0.6 is 12.4 Å². The molecule has 0 radical (unpaired) electrons. The largest absolute Gasteiger partial charge is 0.393 e. The van der Waals surface area contributed by atoms with Crippen LogP contribution in [0.25, 0.3) is 0 Å². The van der Waals surface area contributed by atoms with Gasteiger partial charge < -0.3 is 10.0 Å². The minimum atomic E-state index is -0.140. The number of aryl methyl sites for hydroxylation is 1. The number of benzene rings is 1. The smallest absolute Gasteiger partial charge is 0.231 e. The molecule has 0 spiro atoms. The van der Waals surface area contributed by atoms with E-state index in [0.29, 0.717) is 5.92 Å². The number of halogens is 1. The van der Waals surface area contributed by atoms with E-state index in [1.165, 1.54) is 5.56 Å². The van der Waals surface area contributed by atoms with Gasteiger partial charge in [-0.2, -0.15) is 0 Å². The van der Waals surface area contributed by atoms with Gasteiger partial charge >= 0.3 is 0 Å². The van der Waals surface area contributed by atoms with Gasteiger partial charge in [0.25, 0.3) is 0 Å². The first kappa shape index (κ1) is 17.8. The molecule has 0 atom stereocenters. The van der Waals surface area contributed by atoms with Gasteiger partial charge in [0.1, 0.15) is 5.82 Å². The standard InChI is InChI=1S/C17H24N4O.ClH/c1-12-4-8-14(9-5-12)20(2)17-19-18-16(21(17)3)13-6-10-15(22)11-7-13;/h4-5,8-9,13,15,22H,6-7,10-11H2,1-3H3;1H. The summed E-state index contributed by atoms with van der Waals surface area (Å²) in [5, 5.41) is 18.5. The molecule has 23 heavy (non-hydrogen) atoms. The maximum absolute atomic E-state index is 9.66. The summed E-state index contributed by atoms with van der Waals surface area (Å²) >= 11 is 0. The van der Waals surface area contributed by atoms with Crippen LogP contribution < -0.4 is 4.90 Å². The van der Waals surface area contributed by atoms with Crippen molar-refractivity contribution in [3.05, 3.63) is 35.7 Å². The van der Waals surface area contributed by atoms with Gasteiger partial charge in [0, 0.05) is 25.7 Å². The fourth-order valence-corrected chi connectivity index (χ4v) is 3.20. The number of aromatic nitrogens is 3. The zero-order valence-electron chi connectivity index (χ0n) is 13.9. The lowest BCUT2D eigenvalue weighted by Gasteiger charge is -2.25. The molecule has 1 aliphatic rings. The van der Waals surface area contributed by atoms with E-state index in [1.54, 1.807) is 0 Å². The number of nitrogens with zero attached hydrogens (tertiary/aromatic N) is 4. The van der Waals surface area contributed by atoms with E-state index in [9.17, 15) is 5.11 Å². The summed E-state index contributed by atoms with van der Waals surface area (Å²) in [7, 11) is 4.05. The van der Waals surface area contributed by atoms with E-state index in [1.807, 2.05) is 14.1 Å². The van der Waals surface area contributed by atoms with Gasteiger partial charge in [-0.15, -0.1) is 22.6 Å². The van der Waals surface area contributed by atoms with Gasteiger partial charge in [0.15, 0.2) is 0 Å². The molecule has 0 saturated heterocycles. The average Bonchev–Trinajstić information content (AvgIpc) is 2.90. The average molecular weight is 337 g/mol. The first-order valence-electron chi connectivity index (χ1n) is 7.94. The number of aliphatic hydroxyl groups excluding tert-OH is 1. The highest BCUT2D eigenvalue weighted by atomic mass is 35.5. The Morgan fingerprint density at radius 1 is 1.09 bits per heavy atom. The van der Waals surface area contributed by atoms with Gasteiger partial charge in [-0.1, -0.05) is 17.7 Å². The summed E-state index contributed by atoms with van der Waals surface area (Å²) in [6, 6.07) is 8.40. The topological polar surface area (TPSA) is 54.2 Å². The second kappa shape index (κ2) is 7.32. The molecule has 0 unspecified atom stereocenters.